The minimum atomic E-state index is -0.0117. The van der Waals surface area contributed by atoms with Gasteiger partial charge < -0.3 is 10.6 Å². The number of hydrogen-bond acceptors (Lipinski definition) is 5. The Morgan fingerprint density at radius 1 is 1.10 bits per heavy atom. The van der Waals surface area contributed by atoms with Crippen LogP contribution in [0.3, 0.4) is 0 Å². The number of hydrogen-bond donors (Lipinski definition) is 2. The van der Waals surface area contributed by atoms with Crippen LogP contribution < -0.4 is 10.6 Å². The Balaban J connectivity index is 1.54. The van der Waals surface area contributed by atoms with Crippen LogP contribution in [0.25, 0.3) is 28.2 Å². The molecule has 1 saturated carbocycles. The van der Waals surface area contributed by atoms with Crippen LogP contribution in [0.1, 0.15) is 36.5 Å². The number of rotatable bonds is 7. The Hall–Kier alpha value is -3.74. The van der Waals surface area contributed by atoms with Crippen molar-refractivity contribution in [1.29, 1.82) is 0 Å². The summed E-state index contributed by atoms with van der Waals surface area (Å²) < 4.78 is 2.06. The van der Waals surface area contributed by atoms with Gasteiger partial charge in [0.2, 0.25) is 0 Å². The molecule has 3 heterocycles. The Kier molecular flexibility index (Phi) is 5.08. The molecule has 0 radical (unpaired) electrons. The molecule has 1 aromatic carbocycles. The number of carbonyl (C=O) groups is 1. The van der Waals surface area contributed by atoms with Gasteiger partial charge in [-0.3, -0.25) is 14.2 Å². The van der Waals surface area contributed by atoms with Gasteiger partial charge in [-0.25, -0.2) is 9.97 Å². The predicted octanol–water partition coefficient (Wildman–Crippen LogP) is 4.17. The zero-order chi connectivity index (χ0) is 21.2. The monoisotopic (exact) mass is 412 g/mol. The molecule has 1 amide bonds. The number of nitrogens with zero attached hydrogens (tertiary/aromatic N) is 4. The highest BCUT2D eigenvalue weighted by molar-refractivity contribution is 5.95. The maximum atomic E-state index is 12.3. The molecule has 2 N–H and O–H groups in total. The van der Waals surface area contributed by atoms with E-state index in [-0.39, 0.29) is 5.91 Å². The van der Waals surface area contributed by atoms with Crippen molar-refractivity contribution in [1.82, 2.24) is 24.7 Å². The van der Waals surface area contributed by atoms with E-state index in [1.54, 1.807) is 12.4 Å². The Morgan fingerprint density at radius 2 is 1.87 bits per heavy atom. The molecular weight excluding hydrogens is 388 g/mol. The third-order valence-corrected chi connectivity index (χ3v) is 5.37. The highest BCUT2D eigenvalue weighted by Crippen LogP contribution is 2.28. The summed E-state index contributed by atoms with van der Waals surface area (Å²) in [5, 5.41) is 6.43. The lowest BCUT2D eigenvalue weighted by molar-refractivity contribution is 0.0951. The summed E-state index contributed by atoms with van der Waals surface area (Å²) in [5.74, 6) is 0.741. The van der Waals surface area contributed by atoms with Gasteiger partial charge in [0, 0.05) is 47.9 Å². The van der Waals surface area contributed by atoms with Crippen LogP contribution in [0, 0.1) is 0 Å². The molecule has 1 aliphatic carbocycles. The van der Waals surface area contributed by atoms with Crippen LogP contribution in [-0.4, -0.2) is 37.8 Å². The van der Waals surface area contributed by atoms with E-state index < -0.39 is 0 Å². The van der Waals surface area contributed by atoms with E-state index in [1.807, 2.05) is 48.8 Å². The molecule has 31 heavy (non-hydrogen) atoms. The van der Waals surface area contributed by atoms with Gasteiger partial charge >= 0.3 is 0 Å². The van der Waals surface area contributed by atoms with Gasteiger partial charge in [0.1, 0.15) is 0 Å². The van der Waals surface area contributed by atoms with Crippen molar-refractivity contribution in [3.8, 4) is 22.5 Å². The van der Waals surface area contributed by atoms with Gasteiger partial charge in [0.25, 0.3) is 5.91 Å². The molecule has 1 aliphatic rings. The summed E-state index contributed by atoms with van der Waals surface area (Å²) in [6.45, 7) is 2.93. The lowest BCUT2D eigenvalue weighted by Crippen LogP contribution is -2.25. The number of pyridine rings is 1. The minimum Gasteiger partial charge on any atom is -0.367 e. The molecule has 0 spiro atoms. The van der Waals surface area contributed by atoms with Crippen LogP contribution >= 0.6 is 0 Å². The van der Waals surface area contributed by atoms with E-state index in [0.29, 0.717) is 11.6 Å². The number of anilines is 1. The van der Waals surface area contributed by atoms with E-state index in [9.17, 15) is 4.79 Å². The Bertz CT molecular complexity index is 1210. The van der Waals surface area contributed by atoms with E-state index in [2.05, 4.69) is 31.9 Å². The second kappa shape index (κ2) is 8.18. The molecule has 5 rings (SSSR count). The first-order valence-electron chi connectivity index (χ1n) is 10.7. The number of benzene rings is 1. The van der Waals surface area contributed by atoms with Crippen molar-refractivity contribution < 1.29 is 4.79 Å². The topological polar surface area (TPSA) is 84.2 Å². The number of amides is 1. The minimum absolute atomic E-state index is 0.0117. The summed E-state index contributed by atoms with van der Waals surface area (Å²) in [6, 6.07) is 11.9. The maximum absolute atomic E-state index is 12.3. The fraction of sp³-hybridized carbons (Fsp3) is 0.250. The molecule has 0 unspecified atom stereocenters. The summed E-state index contributed by atoms with van der Waals surface area (Å²) in [4.78, 5) is 25.9. The number of nitrogens with one attached hydrogen (secondary N) is 2. The molecule has 7 heteroatoms. The number of carbonyl (C=O) groups excluding carboxylic acids is 1. The van der Waals surface area contributed by atoms with Crippen molar-refractivity contribution in [3.05, 3.63) is 66.7 Å². The molecule has 1 fully saturated rings. The summed E-state index contributed by atoms with van der Waals surface area (Å²) in [6.07, 6.45) is 10.5. The first-order valence-corrected chi connectivity index (χ1v) is 10.7. The van der Waals surface area contributed by atoms with Crippen LogP contribution in [0.15, 0.2) is 61.2 Å². The molecular formula is C24H24N6O. The lowest BCUT2D eigenvalue weighted by atomic mass is 10.1. The van der Waals surface area contributed by atoms with Crippen molar-refractivity contribution in [2.24, 2.45) is 0 Å². The first kappa shape index (κ1) is 19.2. The standard InChI is InChI=1S/C24H24N6O/c1-2-11-26-22-23-27-14-21(30(23)15-20(29-22)16-9-12-25-13-10-16)17-3-5-18(6-4-17)24(31)28-19-7-8-19/h3-6,9-10,12-15,19H,2,7-8,11H2,1H3,(H,26,29)(H,28,31). The second-order valence-electron chi connectivity index (χ2n) is 7.80. The van der Waals surface area contributed by atoms with Gasteiger partial charge in [-0.2, -0.15) is 0 Å². The fourth-order valence-electron chi connectivity index (χ4n) is 3.51. The summed E-state index contributed by atoms with van der Waals surface area (Å²) >= 11 is 0. The van der Waals surface area contributed by atoms with Gasteiger partial charge in [-0.05, 0) is 43.5 Å². The second-order valence-corrected chi connectivity index (χ2v) is 7.80. The largest absolute Gasteiger partial charge is 0.367 e. The maximum Gasteiger partial charge on any atom is 0.251 e. The van der Waals surface area contributed by atoms with Crippen molar-refractivity contribution in [2.75, 3.05) is 11.9 Å². The number of fused-ring (bicyclic) bond motifs is 1. The summed E-state index contributed by atoms with van der Waals surface area (Å²) in [5.41, 5.74) is 5.22. The Labute approximate surface area is 180 Å². The Morgan fingerprint density at radius 3 is 2.58 bits per heavy atom. The molecule has 4 aromatic rings. The fourth-order valence-corrected chi connectivity index (χ4v) is 3.51. The normalized spacial score (nSPS) is 13.3. The smallest absolute Gasteiger partial charge is 0.251 e. The van der Waals surface area contributed by atoms with E-state index >= 15 is 0 Å². The highest BCUT2D eigenvalue weighted by Gasteiger charge is 2.23. The third kappa shape index (κ3) is 3.99. The van der Waals surface area contributed by atoms with E-state index in [1.165, 1.54) is 0 Å². The van der Waals surface area contributed by atoms with Gasteiger partial charge in [-0.1, -0.05) is 19.1 Å². The van der Waals surface area contributed by atoms with E-state index in [0.717, 1.165) is 59.8 Å². The molecule has 0 aliphatic heterocycles. The molecule has 3 aromatic heterocycles. The molecule has 156 valence electrons. The molecule has 0 saturated heterocycles. The van der Waals surface area contributed by atoms with Crippen LogP contribution in [-0.2, 0) is 0 Å². The van der Waals surface area contributed by atoms with Crippen LogP contribution in [0.2, 0.25) is 0 Å². The lowest BCUT2D eigenvalue weighted by Gasteiger charge is -2.11. The summed E-state index contributed by atoms with van der Waals surface area (Å²) in [7, 11) is 0. The highest BCUT2D eigenvalue weighted by atomic mass is 16.1. The van der Waals surface area contributed by atoms with Crippen LogP contribution in [0.4, 0.5) is 5.82 Å². The quantitative estimate of drug-likeness (QED) is 0.476. The van der Waals surface area contributed by atoms with Crippen molar-refractivity contribution >= 4 is 17.4 Å². The number of imidazole rings is 1. The molecule has 7 nitrogen and oxygen atoms in total. The average molecular weight is 412 g/mol. The number of aromatic nitrogens is 4. The van der Waals surface area contributed by atoms with Crippen molar-refractivity contribution in [3.63, 3.8) is 0 Å². The first-order chi connectivity index (χ1) is 15.2. The van der Waals surface area contributed by atoms with Crippen molar-refractivity contribution in [2.45, 2.75) is 32.2 Å². The third-order valence-electron chi connectivity index (χ3n) is 5.37. The van der Waals surface area contributed by atoms with Crippen LogP contribution in [0.5, 0.6) is 0 Å². The zero-order valence-electron chi connectivity index (χ0n) is 17.4. The van der Waals surface area contributed by atoms with E-state index in [4.69, 9.17) is 4.98 Å². The predicted molar refractivity (Wildman–Crippen MR) is 121 cm³/mol. The van der Waals surface area contributed by atoms with Gasteiger partial charge in [-0.15, -0.1) is 0 Å². The molecule has 0 bridgehead atoms. The zero-order valence-corrected chi connectivity index (χ0v) is 17.4. The average Bonchev–Trinajstić information content (AvgIpc) is 3.53. The van der Waals surface area contributed by atoms with Gasteiger partial charge in [0.15, 0.2) is 11.5 Å². The molecule has 0 atom stereocenters. The SMILES string of the molecule is CCCNc1nc(-c2ccncc2)cn2c(-c3ccc(C(=O)NC4CC4)cc3)cnc12. The van der Waals surface area contributed by atoms with Gasteiger partial charge in [0.05, 0.1) is 17.6 Å².